The first kappa shape index (κ1) is 12.5. The third-order valence-corrected chi connectivity index (χ3v) is 2.96. The highest BCUT2D eigenvalue weighted by atomic mass is 16.3. The second kappa shape index (κ2) is 4.76. The Morgan fingerprint density at radius 1 is 1.33 bits per heavy atom. The van der Waals surface area contributed by atoms with Gasteiger partial charge in [0.05, 0.1) is 5.56 Å². The van der Waals surface area contributed by atoms with E-state index >= 15 is 0 Å². The van der Waals surface area contributed by atoms with E-state index in [9.17, 15) is 9.90 Å². The summed E-state index contributed by atoms with van der Waals surface area (Å²) in [7, 11) is 0. The highest BCUT2D eigenvalue weighted by Gasteiger charge is 2.13. The number of fused-ring (bicyclic) bond motifs is 1. The molecule has 0 saturated heterocycles. The van der Waals surface area contributed by atoms with Crippen LogP contribution in [0, 0.1) is 13.8 Å². The number of aryl methyl sites for hydroxylation is 2. The fraction of sp³-hybridized carbons (Fsp3) is 0.462. The molecule has 0 unspecified atom stereocenters. The van der Waals surface area contributed by atoms with Gasteiger partial charge in [0.2, 0.25) is 11.7 Å². The van der Waals surface area contributed by atoms with Crippen molar-refractivity contribution in [1.29, 1.82) is 0 Å². The van der Waals surface area contributed by atoms with E-state index in [1.54, 1.807) is 0 Å². The Morgan fingerprint density at radius 2 is 2.06 bits per heavy atom. The van der Waals surface area contributed by atoms with Crippen LogP contribution in [0.3, 0.4) is 0 Å². The summed E-state index contributed by atoms with van der Waals surface area (Å²) in [5.74, 6) is 0.0706. The van der Waals surface area contributed by atoms with Crippen molar-refractivity contribution in [2.45, 2.75) is 40.0 Å². The van der Waals surface area contributed by atoms with Crippen molar-refractivity contribution in [1.82, 2.24) is 14.4 Å². The van der Waals surface area contributed by atoms with Gasteiger partial charge in [-0.25, -0.2) is 9.38 Å². The predicted molar refractivity (Wildman–Crippen MR) is 69.0 cm³/mol. The number of unbranched alkanes of at least 4 members (excludes halogenated alkanes) is 1. The van der Waals surface area contributed by atoms with E-state index in [0.717, 1.165) is 24.2 Å². The number of nitrogens with zero attached hydrogens (tertiary/aromatic N) is 3. The van der Waals surface area contributed by atoms with Crippen molar-refractivity contribution < 1.29 is 5.11 Å². The minimum atomic E-state index is -0.212. The number of rotatable bonds is 3. The molecular weight excluding hydrogens is 230 g/mol. The molecule has 0 aromatic carbocycles. The van der Waals surface area contributed by atoms with Gasteiger partial charge in [0.1, 0.15) is 0 Å². The molecule has 5 heteroatoms. The third-order valence-electron chi connectivity index (χ3n) is 2.96. The fourth-order valence-electron chi connectivity index (χ4n) is 2.06. The first-order valence-electron chi connectivity index (χ1n) is 6.13. The van der Waals surface area contributed by atoms with Crippen LogP contribution in [0.5, 0.6) is 5.88 Å². The molecule has 2 aromatic heterocycles. The summed E-state index contributed by atoms with van der Waals surface area (Å²) in [5, 5.41) is 9.83. The smallest absolute Gasteiger partial charge is 0.266 e. The highest BCUT2D eigenvalue weighted by Crippen LogP contribution is 2.14. The van der Waals surface area contributed by atoms with Crippen LogP contribution in [0.1, 0.15) is 36.7 Å². The SMILES string of the molecule is CCCCc1c(O)nc2nc(C)cc(C)n2c1=O. The molecule has 0 radical (unpaired) electrons. The van der Waals surface area contributed by atoms with Crippen LogP contribution in [0.25, 0.3) is 5.78 Å². The Labute approximate surface area is 105 Å². The normalized spacial score (nSPS) is 11.1. The Balaban J connectivity index is 2.73. The summed E-state index contributed by atoms with van der Waals surface area (Å²) >= 11 is 0. The molecule has 2 rings (SSSR count). The van der Waals surface area contributed by atoms with Gasteiger partial charge in [0, 0.05) is 11.4 Å². The Hall–Kier alpha value is -1.91. The Bertz CT molecular complexity index is 647. The van der Waals surface area contributed by atoms with E-state index in [1.807, 2.05) is 26.8 Å². The molecule has 2 heterocycles. The average molecular weight is 247 g/mol. The molecule has 0 aliphatic heterocycles. The molecule has 0 aliphatic carbocycles. The molecule has 18 heavy (non-hydrogen) atoms. The lowest BCUT2D eigenvalue weighted by Crippen LogP contribution is -2.22. The minimum absolute atomic E-state index is 0.189. The Kier molecular flexibility index (Phi) is 3.32. The summed E-state index contributed by atoms with van der Waals surface area (Å²) in [6, 6.07) is 1.83. The van der Waals surface area contributed by atoms with Gasteiger partial charge in [0.25, 0.3) is 5.56 Å². The van der Waals surface area contributed by atoms with E-state index < -0.39 is 0 Å². The average Bonchev–Trinajstić information content (AvgIpc) is 2.27. The topological polar surface area (TPSA) is 67.5 Å². The van der Waals surface area contributed by atoms with Crippen LogP contribution in [0.15, 0.2) is 10.9 Å². The molecule has 0 aliphatic rings. The summed E-state index contributed by atoms with van der Waals surface area (Å²) in [5.41, 5.74) is 1.73. The van der Waals surface area contributed by atoms with Crippen molar-refractivity contribution in [2.75, 3.05) is 0 Å². The molecule has 0 amide bonds. The van der Waals surface area contributed by atoms with Crippen molar-refractivity contribution in [2.24, 2.45) is 0 Å². The van der Waals surface area contributed by atoms with Crippen LogP contribution in [0.4, 0.5) is 0 Å². The molecule has 1 N–H and O–H groups in total. The Morgan fingerprint density at radius 3 is 2.72 bits per heavy atom. The van der Waals surface area contributed by atoms with E-state index in [-0.39, 0.29) is 17.2 Å². The zero-order valence-corrected chi connectivity index (χ0v) is 10.9. The summed E-state index contributed by atoms with van der Waals surface area (Å²) in [6.45, 7) is 5.71. The molecule has 0 spiro atoms. The quantitative estimate of drug-likeness (QED) is 0.897. The lowest BCUT2D eigenvalue weighted by Gasteiger charge is -2.08. The second-order valence-electron chi connectivity index (χ2n) is 4.50. The van der Waals surface area contributed by atoms with Gasteiger partial charge in [-0.15, -0.1) is 0 Å². The van der Waals surface area contributed by atoms with Gasteiger partial charge in [0.15, 0.2) is 0 Å². The molecule has 0 saturated carbocycles. The lowest BCUT2D eigenvalue weighted by atomic mass is 10.1. The first-order chi connectivity index (χ1) is 8.54. The van der Waals surface area contributed by atoms with Crippen LogP contribution in [-0.4, -0.2) is 19.5 Å². The third kappa shape index (κ3) is 2.08. The molecule has 96 valence electrons. The molecule has 5 nitrogen and oxygen atoms in total. The van der Waals surface area contributed by atoms with Crippen molar-refractivity contribution in [3.8, 4) is 5.88 Å². The van der Waals surface area contributed by atoms with Gasteiger partial charge in [-0.3, -0.25) is 4.79 Å². The number of aromatic hydroxyl groups is 1. The summed E-state index contributed by atoms with van der Waals surface area (Å²) < 4.78 is 1.46. The number of aromatic nitrogens is 3. The molecule has 0 atom stereocenters. The minimum Gasteiger partial charge on any atom is -0.493 e. The monoisotopic (exact) mass is 247 g/mol. The van der Waals surface area contributed by atoms with Crippen LogP contribution < -0.4 is 5.56 Å². The predicted octanol–water partition coefficient (Wildman–Crippen LogP) is 1.75. The second-order valence-corrected chi connectivity index (χ2v) is 4.50. The zero-order chi connectivity index (χ0) is 13.3. The molecule has 0 fully saturated rings. The van der Waals surface area contributed by atoms with Crippen molar-refractivity contribution in [3.05, 3.63) is 33.4 Å². The lowest BCUT2D eigenvalue weighted by molar-refractivity contribution is 0.442. The summed E-state index contributed by atoms with van der Waals surface area (Å²) in [4.78, 5) is 20.5. The maximum Gasteiger partial charge on any atom is 0.266 e. The van der Waals surface area contributed by atoms with Crippen LogP contribution in [-0.2, 0) is 6.42 Å². The van der Waals surface area contributed by atoms with E-state index in [1.165, 1.54) is 4.40 Å². The first-order valence-corrected chi connectivity index (χ1v) is 6.13. The van der Waals surface area contributed by atoms with Crippen molar-refractivity contribution in [3.63, 3.8) is 0 Å². The van der Waals surface area contributed by atoms with E-state index in [0.29, 0.717) is 12.0 Å². The van der Waals surface area contributed by atoms with Crippen molar-refractivity contribution >= 4 is 5.78 Å². The highest BCUT2D eigenvalue weighted by molar-refractivity contribution is 5.38. The maximum atomic E-state index is 12.3. The molecule has 2 aromatic rings. The van der Waals surface area contributed by atoms with Gasteiger partial charge < -0.3 is 5.11 Å². The van der Waals surface area contributed by atoms with Gasteiger partial charge in [-0.1, -0.05) is 13.3 Å². The largest absolute Gasteiger partial charge is 0.493 e. The maximum absolute atomic E-state index is 12.3. The number of hydrogen-bond donors (Lipinski definition) is 1. The zero-order valence-electron chi connectivity index (χ0n) is 10.9. The van der Waals surface area contributed by atoms with E-state index in [2.05, 4.69) is 9.97 Å². The van der Waals surface area contributed by atoms with Gasteiger partial charge in [-0.2, -0.15) is 4.98 Å². The van der Waals surface area contributed by atoms with Gasteiger partial charge >= 0.3 is 0 Å². The molecular formula is C13H17N3O2. The standard InChI is InChI=1S/C13H17N3O2/c1-4-5-6-10-11(17)15-13-14-8(2)7-9(3)16(13)12(10)18/h7,17H,4-6H2,1-3H3. The van der Waals surface area contributed by atoms with Crippen LogP contribution in [0.2, 0.25) is 0 Å². The molecule has 0 bridgehead atoms. The van der Waals surface area contributed by atoms with Crippen LogP contribution >= 0.6 is 0 Å². The number of hydrogen-bond acceptors (Lipinski definition) is 4. The van der Waals surface area contributed by atoms with E-state index in [4.69, 9.17) is 0 Å². The van der Waals surface area contributed by atoms with Gasteiger partial charge in [-0.05, 0) is 32.8 Å². The fourth-order valence-corrected chi connectivity index (χ4v) is 2.06. The summed E-state index contributed by atoms with van der Waals surface area (Å²) in [6.07, 6.45) is 2.37.